The fourth-order valence-electron chi connectivity index (χ4n) is 2.73. The van der Waals surface area contributed by atoms with Crippen LogP contribution in [0.4, 0.5) is 5.69 Å². The number of carbonyl (C=O) groups excluding carboxylic acids is 1. The Balaban J connectivity index is 1.76. The van der Waals surface area contributed by atoms with Gasteiger partial charge >= 0.3 is 0 Å². The van der Waals surface area contributed by atoms with Crippen LogP contribution in [0.1, 0.15) is 5.56 Å². The number of hydrogen-bond donors (Lipinski definition) is 1. The van der Waals surface area contributed by atoms with Gasteiger partial charge in [-0.15, -0.1) is 0 Å². The molecule has 6 nitrogen and oxygen atoms in total. The number of benzene rings is 2. The van der Waals surface area contributed by atoms with Gasteiger partial charge in [-0.3, -0.25) is 14.2 Å². The topological polar surface area (TPSA) is 69.6 Å². The Hall–Kier alpha value is -3.54. The first-order valence-electron chi connectivity index (χ1n) is 8.39. The summed E-state index contributed by atoms with van der Waals surface area (Å²) in [5, 5.41) is 2.82. The van der Waals surface area contributed by atoms with Crippen molar-refractivity contribution in [3.8, 4) is 17.2 Å². The van der Waals surface area contributed by atoms with Crippen molar-refractivity contribution in [2.45, 2.75) is 6.42 Å². The second-order valence-corrected chi connectivity index (χ2v) is 5.88. The van der Waals surface area contributed by atoms with E-state index in [1.165, 1.54) is 10.6 Å². The Morgan fingerprint density at radius 2 is 1.70 bits per heavy atom. The Kier molecular flexibility index (Phi) is 5.56. The van der Waals surface area contributed by atoms with E-state index >= 15 is 0 Å². The summed E-state index contributed by atoms with van der Waals surface area (Å²) in [6.07, 6.45) is 1.79. The van der Waals surface area contributed by atoms with Gasteiger partial charge in [0.1, 0.15) is 0 Å². The number of ether oxygens (including phenoxy) is 2. The fourth-order valence-corrected chi connectivity index (χ4v) is 2.73. The molecule has 0 aliphatic carbocycles. The van der Waals surface area contributed by atoms with Gasteiger partial charge in [-0.05, 0) is 35.9 Å². The number of anilines is 1. The molecule has 0 saturated carbocycles. The highest BCUT2D eigenvalue weighted by molar-refractivity contribution is 5.92. The van der Waals surface area contributed by atoms with Crippen LogP contribution < -0.4 is 20.3 Å². The largest absolute Gasteiger partial charge is 0.493 e. The summed E-state index contributed by atoms with van der Waals surface area (Å²) in [6, 6.07) is 17.6. The van der Waals surface area contributed by atoms with Crippen molar-refractivity contribution in [2.24, 2.45) is 0 Å². The van der Waals surface area contributed by atoms with Gasteiger partial charge in [0.15, 0.2) is 11.5 Å². The van der Waals surface area contributed by atoms with Crippen LogP contribution in [0.25, 0.3) is 5.69 Å². The number of nitrogens with one attached hydrogen (secondary N) is 1. The van der Waals surface area contributed by atoms with Gasteiger partial charge in [-0.1, -0.05) is 24.3 Å². The molecule has 1 aromatic heterocycles. The van der Waals surface area contributed by atoms with Crippen LogP contribution in [0, 0.1) is 0 Å². The molecule has 138 valence electrons. The second-order valence-electron chi connectivity index (χ2n) is 5.88. The molecule has 1 heterocycles. The zero-order valence-electron chi connectivity index (χ0n) is 15.1. The molecule has 27 heavy (non-hydrogen) atoms. The summed E-state index contributed by atoms with van der Waals surface area (Å²) < 4.78 is 12.0. The van der Waals surface area contributed by atoms with E-state index in [4.69, 9.17) is 9.47 Å². The number of amides is 1. The lowest BCUT2D eigenvalue weighted by Gasteiger charge is -2.11. The number of nitrogens with zero attached hydrogens (tertiary/aromatic N) is 1. The van der Waals surface area contributed by atoms with Gasteiger partial charge in [-0.2, -0.15) is 0 Å². The van der Waals surface area contributed by atoms with Crippen LogP contribution in [0.3, 0.4) is 0 Å². The van der Waals surface area contributed by atoms with Crippen LogP contribution in [0.15, 0.2) is 71.7 Å². The maximum atomic E-state index is 12.4. The van der Waals surface area contributed by atoms with Crippen LogP contribution in [-0.2, 0) is 11.2 Å². The van der Waals surface area contributed by atoms with E-state index in [1.807, 2.05) is 36.4 Å². The molecule has 1 N–H and O–H groups in total. The highest BCUT2D eigenvalue weighted by Gasteiger charge is 2.10. The monoisotopic (exact) mass is 364 g/mol. The number of para-hydroxylation sites is 1. The quantitative estimate of drug-likeness (QED) is 0.730. The minimum atomic E-state index is -0.194. The zero-order chi connectivity index (χ0) is 19.2. The van der Waals surface area contributed by atoms with E-state index in [2.05, 4.69) is 5.32 Å². The molecule has 0 radical (unpaired) electrons. The van der Waals surface area contributed by atoms with E-state index < -0.39 is 0 Å². The number of rotatable bonds is 6. The number of pyridine rings is 1. The fraction of sp³-hybridized carbons (Fsp3) is 0.143. The van der Waals surface area contributed by atoms with Crippen LogP contribution in [-0.4, -0.2) is 24.7 Å². The molecule has 1 amide bonds. The second kappa shape index (κ2) is 8.23. The van der Waals surface area contributed by atoms with Crippen LogP contribution >= 0.6 is 0 Å². The molecule has 0 atom stereocenters. The zero-order valence-corrected chi connectivity index (χ0v) is 15.1. The highest BCUT2D eigenvalue weighted by atomic mass is 16.5. The number of methoxy groups -OCH3 is 2. The molecular weight excluding hydrogens is 344 g/mol. The smallest absolute Gasteiger partial charge is 0.255 e. The third-order valence-electron chi connectivity index (χ3n) is 4.04. The van der Waals surface area contributed by atoms with Crippen molar-refractivity contribution in [3.05, 3.63) is 82.8 Å². The molecule has 0 fully saturated rings. The molecule has 0 aliphatic heterocycles. The van der Waals surface area contributed by atoms with Crippen molar-refractivity contribution in [3.63, 3.8) is 0 Å². The summed E-state index contributed by atoms with van der Waals surface area (Å²) >= 11 is 0. The molecule has 3 rings (SSSR count). The first kappa shape index (κ1) is 18.3. The highest BCUT2D eigenvalue weighted by Crippen LogP contribution is 2.27. The first-order valence-corrected chi connectivity index (χ1v) is 8.39. The van der Waals surface area contributed by atoms with Crippen LogP contribution in [0.2, 0.25) is 0 Å². The Morgan fingerprint density at radius 3 is 2.41 bits per heavy atom. The molecular formula is C21H20N2O4. The van der Waals surface area contributed by atoms with Crippen molar-refractivity contribution < 1.29 is 14.3 Å². The predicted molar refractivity (Wildman–Crippen MR) is 104 cm³/mol. The lowest BCUT2D eigenvalue weighted by Crippen LogP contribution is -2.20. The Morgan fingerprint density at radius 1 is 0.963 bits per heavy atom. The average molecular weight is 364 g/mol. The summed E-state index contributed by atoms with van der Waals surface area (Å²) in [6.45, 7) is 0. The van der Waals surface area contributed by atoms with E-state index in [9.17, 15) is 9.59 Å². The van der Waals surface area contributed by atoms with E-state index in [0.29, 0.717) is 17.2 Å². The van der Waals surface area contributed by atoms with Crippen molar-refractivity contribution in [2.75, 3.05) is 19.5 Å². The van der Waals surface area contributed by atoms with E-state index in [-0.39, 0.29) is 17.9 Å². The summed E-state index contributed by atoms with van der Waals surface area (Å²) in [5.74, 6) is 0.984. The number of carbonyl (C=O) groups is 1. The molecule has 0 aliphatic rings. The third-order valence-corrected chi connectivity index (χ3v) is 4.04. The molecule has 0 unspecified atom stereocenters. The van der Waals surface area contributed by atoms with E-state index in [1.54, 1.807) is 38.6 Å². The Bertz CT molecular complexity index is 997. The standard InChI is InChI=1S/C21H20N2O4/c1-26-18-10-8-15(12-19(18)27-2)13-20(24)22-16-9-11-21(25)23(14-16)17-6-4-3-5-7-17/h3-12,14H,13H2,1-2H3,(H,22,24). The van der Waals surface area contributed by atoms with Crippen LogP contribution in [0.5, 0.6) is 11.5 Å². The normalized spacial score (nSPS) is 10.3. The minimum Gasteiger partial charge on any atom is -0.493 e. The SMILES string of the molecule is COc1ccc(CC(=O)Nc2ccc(=O)n(-c3ccccc3)c2)cc1OC. The first-order chi connectivity index (χ1) is 13.1. The van der Waals surface area contributed by atoms with Gasteiger partial charge in [0.05, 0.1) is 26.3 Å². The number of hydrogen-bond acceptors (Lipinski definition) is 4. The van der Waals surface area contributed by atoms with Gasteiger partial charge in [0.2, 0.25) is 5.91 Å². The lowest BCUT2D eigenvalue weighted by molar-refractivity contribution is -0.115. The van der Waals surface area contributed by atoms with Gasteiger partial charge < -0.3 is 14.8 Å². The average Bonchev–Trinajstić information content (AvgIpc) is 2.70. The van der Waals surface area contributed by atoms with Crippen molar-refractivity contribution >= 4 is 11.6 Å². The summed E-state index contributed by atoms with van der Waals surface area (Å²) in [4.78, 5) is 24.5. The van der Waals surface area contributed by atoms with Crippen molar-refractivity contribution in [1.29, 1.82) is 0 Å². The van der Waals surface area contributed by atoms with Gasteiger partial charge in [-0.25, -0.2) is 0 Å². The molecule has 0 bridgehead atoms. The maximum absolute atomic E-state index is 12.4. The third kappa shape index (κ3) is 4.36. The molecule has 2 aromatic carbocycles. The lowest BCUT2D eigenvalue weighted by atomic mass is 10.1. The molecule has 0 saturated heterocycles. The minimum absolute atomic E-state index is 0.168. The molecule has 0 spiro atoms. The molecule has 6 heteroatoms. The van der Waals surface area contributed by atoms with Crippen molar-refractivity contribution in [1.82, 2.24) is 4.57 Å². The predicted octanol–water partition coefficient (Wildman–Crippen LogP) is 3.04. The summed E-state index contributed by atoms with van der Waals surface area (Å²) in [5.41, 5.74) is 1.91. The summed E-state index contributed by atoms with van der Waals surface area (Å²) in [7, 11) is 3.11. The van der Waals surface area contributed by atoms with Gasteiger partial charge in [0.25, 0.3) is 5.56 Å². The maximum Gasteiger partial charge on any atom is 0.255 e. The number of aromatic nitrogens is 1. The van der Waals surface area contributed by atoms with Gasteiger partial charge in [0, 0.05) is 18.0 Å². The molecule has 3 aromatic rings. The van der Waals surface area contributed by atoms with E-state index in [0.717, 1.165) is 11.3 Å². The Labute approximate surface area is 157 Å².